The van der Waals surface area contributed by atoms with Gasteiger partial charge in [-0.1, -0.05) is 35.3 Å². The minimum absolute atomic E-state index is 0.702. The van der Waals surface area contributed by atoms with Crippen molar-refractivity contribution in [1.82, 2.24) is 9.97 Å². The van der Waals surface area contributed by atoms with Crippen LogP contribution in [0.5, 0.6) is 0 Å². The Morgan fingerprint density at radius 2 is 1.64 bits per heavy atom. The molecule has 0 aliphatic carbocycles. The van der Waals surface area contributed by atoms with Crippen LogP contribution in [0.25, 0.3) is 0 Å². The Morgan fingerprint density at radius 3 is 2.36 bits per heavy atom. The summed E-state index contributed by atoms with van der Waals surface area (Å²) in [7, 11) is 0. The van der Waals surface area contributed by atoms with Gasteiger partial charge in [0.25, 0.3) is 0 Å². The molecular formula is C17H12Cl2N2S. The zero-order valence-electron chi connectivity index (χ0n) is 11.5. The van der Waals surface area contributed by atoms with Crippen molar-refractivity contribution in [2.75, 3.05) is 0 Å². The summed E-state index contributed by atoms with van der Waals surface area (Å²) in [6, 6.07) is 15.6. The van der Waals surface area contributed by atoms with Crippen LogP contribution in [0.4, 0.5) is 0 Å². The van der Waals surface area contributed by atoms with Crippen LogP contribution >= 0.6 is 35.0 Å². The molecule has 2 aromatic carbocycles. The number of nitrogens with zero attached hydrogens (tertiary/aromatic N) is 2. The van der Waals surface area contributed by atoms with Gasteiger partial charge in [-0.3, -0.25) is 0 Å². The Balaban J connectivity index is 1.73. The Morgan fingerprint density at radius 1 is 0.909 bits per heavy atom. The summed E-state index contributed by atoms with van der Waals surface area (Å²) >= 11 is 13.8. The van der Waals surface area contributed by atoms with Crippen molar-refractivity contribution >= 4 is 35.0 Å². The van der Waals surface area contributed by atoms with Gasteiger partial charge in [-0.25, -0.2) is 9.97 Å². The van der Waals surface area contributed by atoms with Crippen LogP contribution in [0.3, 0.4) is 0 Å². The van der Waals surface area contributed by atoms with Gasteiger partial charge < -0.3 is 0 Å². The molecule has 0 spiro atoms. The van der Waals surface area contributed by atoms with E-state index >= 15 is 0 Å². The average Bonchev–Trinajstić information content (AvgIpc) is 2.54. The van der Waals surface area contributed by atoms with Gasteiger partial charge in [0.1, 0.15) is 0 Å². The maximum atomic E-state index is 6.21. The molecule has 1 aromatic heterocycles. The normalized spacial score (nSPS) is 10.6. The van der Waals surface area contributed by atoms with Crippen LogP contribution in [0.1, 0.15) is 11.1 Å². The molecule has 22 heavy (non-hydrogen) atoms. The van der Waals surface area contributed by atoms with E-state index in [1.165, 1.54) is 17.3 Å². The molecule has 0 atom stereocenters. The number of benzene rings is 2. The molecule has 0 aliphatic heterocycles. The van der Waals surface area contributed by atoms with Crippen molar-refractivity contribution < 1.29 is 0 Å². The first kappa shape index (κ1) is 15.3. The van der Waals surface area contributed by atoms with Gasteiger partial charge in [0, 0.05) is 27.3 Å². The van der Waals surface area contributed by atoms with E-state index in [1.54, 1.807) is 18.5 Å². The second kappa shape index (κ2) is 7.14. The molecule has 0 aliphatic rings. The summed E-state index contributed by atoms with van der Waals surface area (Å²) < 4.78 is 0. The Labute approximate surface area is 143 Å². The molecule has 0 radical (unpaired) electrons. The van der Waals surface area contributed by atoms with Crippen molar-refractivity contribution in [2.45, 2.75) is 16.5 Å². The summed E-state index contributed by atoms with van der Waals surface area (Å²) in [5, 5.41) is 2.18. The molecule has 0 saturated heterocycles. The first-order valence-electron chi connectivity index (χ1n) is 6.68. The van der Waals surface area contributed by atoms with Gasteiger partial charge in [0.05, 0.1) is 0 Å². The van der Waals surface area contributed by atoms with Crippen molar-refractivity contribution in [3.05, 3.63) is 82.1 Å². The molecule has 0 unspecified atom stereocenters. The zero-order chi connectivity index (χ0) is 15.4. The van der Waals surface area contributed by atoms with E-state index < -0.39 is 0 Å². The van der Waals surface area contributed by atoms with Crippen molar-refractivity contribution in [1.29, 1.82) is 0 Å². The lowest BCUT2D eigenvalue weighted by Gasteiger charge is -2.06. The third-order valence-corrected chi connectivity index (χ3v) is 4.58. The average molecular weight is 347 g/mol. The highest BCUT2D eigenvalue weighted by Crippen LogP contribution is 2.26. The lowest BCUT2D eigenvalue weighted by molar-refractivity contribution is 0.966. The summed E-state index contributed by atoms with van der Waals surface area (Å²) in [6.07, 6.45) is 4.24. The van der Waals surface area contributed by atoms with E-state index in [9.17, 15) is 0 Å². The highest BCUT2D eigenvalue weighted by molar-refractivity contribution is 7.99. The SMILES string of the molecule is Clc1ccc(Cl)c(Cc2ccc(Sc3ncccn3)cc2)c1. The maximum Gasteiger partial charge on any atom is 0.192 e. The lowest BCUT2D eigenvalue weighted by atomic mass is 10.1. The Bertz CT molecular complexity index is 761. The fourth-order valence-corrected chi connectivity index (χ4v) is 3.11. The van der Waals surface area contributed by atoms with Gasteiger partial charge in [0.15, 0.2) is 5.16 Å². The molecule has 1 heterocycles. The molecule has 3 aromatic rings. The Hall–Kier alpha value is -1.55. The second-order valence-electron chi connectivity index (χ2n) is 4.69. The fourth-order valence-electron chi connectivity index (χ4n) is 2.02. The van der Waals surface area contributed by atoms with Gasteiger partial charge in [-0.15, -0.1) is 0 Å². The van der Waals surface area contributed by atoms with Crippen LogP contribution in [0.2, 0.25) is 10.0 Å². The monoisotopic (exact) mass is 346 g/mol. The van der Waals surface area contributed by atoms with Crippen molar-refractivity contribution in [2.24, 2.45) is 0 Å². The summed E-state index contributed by atoms with van der Waals surface area (Å²) in [5.74, 6) is 0. The highest BCUT2D eigenvalue weighted by Gasteiger charge is 2.04. The lowest BCUT2D eigenvalue weighted by Crippen LogP contribution is -1.90. The molecular weight excluding hydrogens is 335 g/mol. The van der Waals surface area contributed by atoms with Crippen molar-refractivity contribution in [3.8, 4) is 0 Å². The minimum Gasteiger partial charge on any atom is -0.231 e. The summed E-state index contributed by atoms with van der Waals surface area (Å²) in [4.78, 5) is 9.51. The standard InChI is InChI=1S/C17H12Cl2N2S/c18-14-4-7-16(19)13(11-14)10-12-2-5-15(6-3-12)22-17-20-8-1-9-21-17/h1-9,11H,10H2. The molecule has 2 nitrogen and oxygen atoms in total. The molecule has 110 valence electrons. The molecule has 0 fully saturated rings. The number of aromatic nitrogens is 2. The van der Waals surface area contributed by atoms with E-state index in [-0.39, 0.29) is 0 Å². The third kappa shape index (κ3) is 4.01. The number of halogens is 2. The third-order valence-electron chi connectivity index (χ3n) is 3.08. The van der Waals surface area contributed by atoms with E-state index in [1.807, 2.05) is 18.2 Å². The molecule has 5 heteroatoms. The molecule has 0 bridgehead atoms. The van der Waals surface area contributed by atoms with Gasteiger partial charge >= 0.3 is 0 Å². The molecule has 0 N–H and O–H groups in total. The van der Waals surface area contributed by atoms with Crippen LogP contribution in [0.15, 0.2) is 71.0 Å². The van der Waals surface area contributed by atoms with Gasteiger partial charge in [0.2, 0.25) is 0 Å². The van der Waals surface area contributed by atoms with E-state index in [0.717, 1.165) is 27.1 Å². The fraction of sp³-hybridized carbons (Fsp3) is 0.0588. The van der Waals surface area contributed by atoms with E-state index in [4.69, 9.17) is 23.2 Å². The second-order valence-corrected chi connectivity index (χ2v) is 6.57. The van der Waals surface area contributed by atoms with Crippen LogP contribution in [-0.2, 0) is 6.42 Å². The van der Waals surface area contributed by atoms with Crippen LogP contribution in [0, 0.1) is 0 Å². The first-order chi connectivity index (χ1) is 10.7. The smallest absolute Gasteiger partial charge is 0.192 e. The molecule has 3 rings (SSSR count). The summed E-state index contributed by atoms with van der Waals surface area (Å²) in [5.41, 5.74) is 2.21. The van der Waals surface area contributed by atoms with E-state index in [2.05, 4.69) is 34.2 Å². The predicted molar refractivity (Wildman–Crippen MR) is 91.9 cm³/mol. The van der Waals surface area contributed by atoms with Gasteiger partial charge in [-0.2, -0.15) is 0 Å². The van der Waals surface area contributed by atoms with E-state index in [0.29, 0.717) is 5.02 Å². The predicted octanol–water partition coefficient (Wildman–Crippen LogP) is 5.53. The zero-order valence-corrected chi connectivity index (χ0v) is 13.9. The molecule has 0 saturated carbocycles. The first-order valence-corrected chi connectivity index (χ1v) is 8.26. The number of hydrogen-bond acceptors (Lipinski definition) is 3. The topological polar surface area (TPSA) is 25.8 Å². The maximum absolute atomic E-state index is 6.21. The molecule has 0 amide bonds. The quantitative estimate of drug-likeness (QED) is 0.581. The Kier molecular flexibility index (Phi) is 4.98. The number of hydrogen-bond donors (Lipinski definition) is 0. The van der Waals surface area contributed by atoms with Gasteiger partial charge in [-0.05, 0) is 65.7 Å². The van der Waals surface area contributed by atoms with Crippen molar-refractivity contribution in [3.63, 3.8) is 0 Å². The summed E-state index contributed by atoms with van der Waals surface area (Å²) in [6.45, 7) is 0. The largest absolute Gasteiger partial charge is 0.231 e. The van der Waals surface area contributed by atoms with Crippen LogP contribution in [-0.4, -0.2) is 9.97 Å². The van der Waals surface area contributed by atoms with Crippen LogP contribution < -0.4 is 0 Å². The minimum atomic E-state index is 0.702. The number of rotatable bonds is 4. The highest BCUT2D eigenvalue weighted by atomic mass is 35.5.